The molecule has 0 aromatic heterocycles. The summed E-state index contributed by atoms with van der Waals surface area (Å²) in [5, 5.41) is 0. The summed E-state index contributed by atoms with van der Waals surface area (Å²) in [6, 6.07) is 11.3. The number of aryl methyl sites for hydroxylation is 3. The van der Waals surface area contributed by atoms with Crippen LogP contribution in [0, 0.1) is 19.8 Å². The zero-order chi connectivity index (χ0) is 22.2. The molecule has 0 aliphatic carbocycles. The van der Waals surface area contributed by atoms with E-state index < -0.39 is 10.0 Å². The van der Waals surface area contributed by atoms with Gasteiger partial charge in [0.2, 0.25) is 15.9 Å². The zero-order valence-electron chi connectivity index (χ0n) is 18.4. The lowest BCUT2D eigenvalue weighted by Crippen LogP contribution is -2.46. The van der Waals surface area contributed by atoms with Crippen LogP contribution >= 0.6 is 0 Å². The first-order chi connectivity index (χ1) is 14.8. The van der Waals surface area contributed by atoms with Crippen molar-refractivity contribution in [2.45, 2.75) is 44.4 Å². The van der Waals surface area contributed by atoms with Crippen LogP contribution in [-0.4, -0.2) is 45.4 Å². The number of amides is 1. The van der Waals surface area contributed by atoms with Crippen molar-refractivity contribution in [1.82, 2.24) is 4.31 Å². The van der Waals surface area contributed by atoms with Gasteiger partial charge in [0.15, 0.2) is 0 Å². The SMILES string of the molecule is COc1cccc2c1N(C(=O)C1CCN(S(=O)(=O)c3ccc(C)cc3C)CC1)CCC2. The van der Waals surface area contributed by atoms with Crippen LogP contribution in [0.15, 0.2) is 41.3 Å². The minimum absolute atomic E-state index is 0.0778. The van der Waals surface area contributed by atoms with Crippen LogP contribution in [0.5, 0.6) is 5.75 Å². The van der Waals surface area contributed by atoms with E-state index >= 15 is 0 Å². The molecule has 1 fully saturated rings. The van der Waals surface area contributed by atoms with E-state index in [0.29, 0.717) is 37.4 Å². The highest BCUT2D eigenvalue weighted by atomic mass is 32.2. The van der Waals surface area contributed by atoms with E-state index in [1.807, 2.05) is 43.0 Å². The van der Waals surface area contributed by atoms with Gasteiger partial charge in [-0.05, 0) is 62.8 Å². The van der Waals surface area contributed by atoms with Crippen LogP contribution in [0.4, 0.5) is 5.69 Å². The van der Waals surface area contributed by atoms with Crippen molar-refractivity contribution in [2.24, 2.45) is 5.92 Å². The average Bonchev–Trinajstić information content (AvgIpc) is 2.77. The van der Waals surface area contributed by atoms with Crippen molar-refractivity contribution in [2.75, 3.05) is 31.6 Å². The summed E-state index contributed by atoms with van der Waals surface area (Å²) in [7, 11) is -1.93. The Morgan fingerprint density at radius 2 is 1.81 bits per heavy atom. The number of nitrogens with zero attached hydrogens (tertiary/aromatic N) is 2. The Morgan fingerprint density at radius 1 is 1.06 bits per heavy atom. The fourth-order valence-corrected chi connectivity index (χ4v) is 6.47. The molecule has 2 aromatic rings. The van der Waals surface area contributed by atoms with Crippen LogP contribution in [0.25, 0.3) is 0 Å². The van der Waals surface area contributed by atoms with E-state index in [1.54, 1.807) is 13.2 Å². The molecule has 0 N–H and O–H groups in total. The number of fused-ring (bicyclic) bond motifs is 1. The predicted molar refractivity (Wildman–Crippen MR) is 121 cm³/mol. The maximum absolute atomic E-state index is 13.4. The largest absolute Gasteiger partial charge is 0.495 e. The number of para-hydroxylation sites is 1. The third-order valence-corrected chi connectivity index (χ3v) is 8.48. The molecule has 2 aliphatic heterocycles. The molecule has 2 heterocycles. The summed E-state index contributed by atoms with van der Waals surface area (Å²) < 4.78 is 33.4. The van der Waals surface area contributed by atoms with Crippen molar-refractivity contribution < 1.29 is 17.9 Å². The smallest absolute Gasteiger partial charge is 0.243 e. The highest BCUT2D eigenvalue weighted by Gasteiger charge is 2.36. The van der Waals surface area contributed by atoms with E-state index in [1.165, 1.54) is 4.31 Å². The Bertz CT molecular complexity index is 1070. The molecule has 4 rings (SSSR count). The van der Waals surface area contributed by atoms with Crippen LogP contribution < -0.4 is 9.64 Å². The van der Waals surface area contributed by atoms with Crippen molar-refractivity contribution in [3.8, 4) is 5.75 Å². The number of sulfonamides is 1. The number of carbonyl (C=O) groups excluding carboxylic acids is 1. The first-order valence-corrected chi connectivity index (χ1v) is 12.3. The highest BCUT2D eigenvalue weighted by Crippen LogP contribution is 2.38. The van der Waals surface area contributed by atoms with Crippen molar-refractivity contribution in [3.05, 3.63) is 53.1 Å². The zero-order valence-corrected chi connectivity index (χ0v) is 19.2. The molecule has 0 atom stereocenters. The van der Waals surface area contributed by atoms with E-state index in [4.69, 9.17) is 4.74 Å². The maximum Gasteiger partial charge on any atom is 0.243 e. The minimum atomic E-state index is -3.55. The molecule has 6 nitrogen and oxygen atoms in total. The van der Waals surface area contributed by atoms with Gasteiger partial charge >= 0.3 is 0 Å². The summed E-state index contributed by atoms with van der Waals surface area (Å²) >= 11 is 0. The van der Waals surface area contributed by atoms with Gasteiger partial charge in [-0.2, -0.15) is 4.31 Å². The molecule has 2 aromatic carbocycles. The molecule has 0 spiro atoms. The molecule has 31 heavy (non-hydrogen) atoms. The summed E-state index contributed by atoms with van der Waals surface area (Å²) in [6.45, 7) is 5.18. The topological polar surface area (TPSA) is 66.9 Å². The average molecular weight is 443 g/mol. The number of hydrogen-bond donors (Lipinski definition) is 0. The van der Waals surface area contributed by atoms with E-state index in [-0.39, 0.29) is 11.8 Å². The number of rotatable bonds is 4. The van der Waals surface area contributed by atoms with Crippen LogP contribution in [-0.2, 0) is 21.2 Å². The lowest BCUT2D eigenvalue weighted by Gasteiger charge is -2.36. The number of piperidine rings is 1. The molecule has 7 heteroatoms. The first-order valence-electron chi connectivity index (χ1n) is 10.9. The van der Waals surface area contributed by atoms with Gasteiger partial charge in [-0.25, -0.2) is 8.42 Å². The number of carbonyl (C=O) groups is 1. The van der Waals surface area contributed by atoms with Gasteiger partial charge in [0.1, 0.15) is 5.75 Å². The molecule has 0 unspecified atom stereocenters. The van der Waals surface area contributed by atoms with Gasteiger partial charge in [-0.1, -0.05) is 29.8 Å². The standard InChI is InChI=1S/C24H30N2O4S/c1-17-9-10-22(18(2)16-17)31(28,29)25-14-11-20(12-15-25)24(27)26-13-5-7-19-6-4-8-21(30-3)23(19)26/h4,6,8-10,16,20H,5,7,11-15H2,1-3H3. The second kappa shape index (κ2) is 8.63. The molecule has 1 amide bonds. The molecule has 0 radical (unpaired) electrons. The van der Waals surface area contributed by atoms with Gasteiger partial charge in [0.25, 0.3) is 0 Å². The lowest BCUT2D eigenvalue weighted by atomic mass is 9.93. The fraction of sp³-hybridized carbons (Fsp3) is 0.458. The molecule has 0 saturated carbocycles. The number of hydrogen-bond acceptors (Lipinski definition) is 4. The Morgan fingerprint density at radius 3 is 2.48 bits per heavy atom. The maximum atomic E-state index is 13.4. The van der Waals surface area contributed by atoms with Crippen LogP contribution in [0.1, 0.15) is 36.0 Å². The number of benzene rings is 2. The van der Waals surface area contributed by atoms with Crippen LogP contribution in [0.2, 0.25) is 0 Å². The van der Waals surface area contributed by atoms with Crippen molar-refractivity contribution >= 4 is 21.6 Å². The molecular formula is C24H30N2O4S. The molecule has 2 aliphatic rings. The third kappa shape index (κ3) is 4.08. The second-order valence-corrected chi connectivity index (χ2v) is 10.4. The Hall–Kier alpha value is -2.38. The Balaban J connectivity index is 1.49. The number of methoxy groups -OCH3 is 1. The summed E-state index contributed by atoms with van der Waals surface area (Å²) in [5.41, 5.74) is 3.81. The van der Waals surface area contributed by atoms with Gasteiger partial charge < -0.3 is 9.64 Å². The lowest BCUT2D eigenvalue weighted by molar-refractivity contribution is -0.123. The molecule has 0 bridgehead atoms. The molecule has 1 saturated heterocycles. The van der Waals surface area contributed by atoms with Gasteiger partial charge in [-0.3, -0.25) is 4.79 Å². The van der Waals surface area contributed by atoms with Crippen molar-refractivity contribution in [3.63, 3.8) is 0 Å². The quantitative estimate of drug-likeness (QED) is 0.724. The van der Waals surface area contributed by atoms with E-state index in [9.17, 15) is 13.2 Å². The first kappa shape index (κ1) is 21.8. The van der Waals surface area contributed by atoms with E-state index in [2.05, 4.69) is 6.07 Å². The number of ether oxygens (including phenoxy) is 1. The Kier molecular flexibility index (Phi) is 6.08. The fourth-order valence-electron chi connectivity index (χ4n) is 4.79. The molecule has 166 valence electrons. The Labute approximate surface area is 184 Å². The summed E-state index contributed by atoms with van der Waals surface area (Å²) in [6.07, 6.45) is 2.92. The minimum Gasteiger partial charge on any atom is -0.495 e. The van der Waals surface area contributed by atoms with Gasteiger partial charge in [-0.15, -0.1) is 0 Å². The normalized spacial score (nSPS) is 18.0. The molecular weight excluding hydrogens is 412 g/mol. The summed E-state index contributed by atoms with van der Waals surface area (Å²) in [4.78, 5) is 15.6. The highest BCUT2D eigenvalue weighted by molar-refractivity contribution is 7.89. The van der Waals surface area contributed by atoms with Crippen molar-refractivity contribution in [1.29, 1.82) is 0 Å². The second-order valence-electron chi connectivity index (χ2n) is 8.51. The van der Waals surface area contributed by atoms with Gasteiger partial charge in [0, 0.05) is 25.6 Å². The van der Waals surface area contributed by atoms with E-state index in [0.717, 1.165) is 41.0 Å². The summed E-state index contributed by atoms with van der Waals surface area (Å²) in [5.74, 6) is 0.621. The predicted octanol–water partition coefficient (Wildman–Crippen LogP) is 3.69. The third-order valence-electron chi connectivity index (χ3n) is 6.42. The van der Waals surface area contributed by atoms with Gasteiger partial charge in [0.05, 0.1) is 17.7 Å². The monoisotopic (exact) mass is 442 g/mol. The van der Waals surface area contributed by atoms with Crippen LogP contribution in [0.3, 0.4) is 0 Å². The number of anilines is 1.